The van der Waals surface area contributed by atoms with Crippen LogP contribution in [0, 0.1) is 0 Å². The van der Waals surface area contributed by atoms with Crippen LogP contribution in [-0.4, -0.2) is 44.6 Å². The van der Waals surface area contributed by atoms with Gasteiger partial charge in [-0.15, -0.1) is 0 Å². The fourth-order valence-electron chi connectivity index (χ4n) is 3.34. The van der Waals surface area contributed by atoms with Crippen molar-refractivity contribution < 1.29 is 18.7 Å². The molecular formula is C20H26FN3O3. The third-order valence-corrected chi connectivity index (χ3v) is 4.45. The molecule has 27 heavy (non-hydrogen) atoms. The van der Waals surface area contributed by atoms with Crippen molar-refractivity contribution in [1.82, 2.24) is 14.5 Å². The lowest BCUT2D eigenvalue weighted by atomic mass is 10.0. The molecule has 0 N–H and O–H groups in total. The van der Waals surface area contributed by atoms with Gasteiger partial charge in [0.15, 0.2) is 0 Å². The van der Waals surface area contributed by atoms with Gasteiger partial charge < -0.3 is 14.0 Å². The molecule has 0 radical (unpaired) electrons. The molecular weight excluding hydrogens is 349 g/mol. The monoisotopic (exact) mass is 375 g/mol. The maximum absolute atomic E-state index is 14.0. The van der Waals surface area contributed by atoms with E-state index in [1.54, 1.807) is 47.1 Å². The van der Waals surface area contributed by atoms with E-state index in [0.29, 0.717) is 0 Å². The smallest absolute Gasteiger partial charge is 0.413 e. The maximum Gasteiger partial charge on any atom is 0.413 e. The van der Waals surface area contributed by atoms with E-state index >= 15 is 0 Å². The Hall–Kier alpha value is -2.41. The molecule has 7 heteroatoms. The molecule has 1 saturated heterocycles. The SMILES string of the molecule is CC(C)(C)OC(=O)N1C(CF)C(c2ccc(-n3ccnc3)cc2)OC1(C)C. The number of imidazole rings is 1. The van der Waals surface area contributed by atoms with Crippen molar-refractivity contribution in [2.45, 2.75) is 58.1 Å². The molecule has 1 fully saturated rings. The minimum Gasteiger partial charge on any atom is -0.444 e. The quantitative estimate of drug-likeness (QED) is 0.805. The summed E-state index contributed by atoms with van der Waals surface area (Å²) in [7, 11) is 0. The van der Waals surface area contributed by atoms with Gasteiger partial charge in [-0.3, -0.25) is 4.90 Å². The molecule has 0 aliphatic carbocycles. The minimum atomic E-state index is -0.979. The van der Waals surface area contributed by atoms with Crippen LogP contribution in [-0.2, 0) is 9.47 Å². The number of nitrogens with zero attached hydrogens (tertiary/aromatic N) is 3. The number of hydrogen-bond acceptors (Lipinski definition) is 4. The molecule has 146 valence electrons. The molecule has 6 nitrogen and oxygen atoms in total. The van der Waals surface area contributed by atoms with E-state index in [1.807, 2.05) is 35.0 Å². The number of carbonyl (C=O) groups is 1. The van der Waals surface area contributed by atoms with Crippen molar-refractivity contribution in [1.29, 1.82) is 0 Å². The summed E-state index contributed by atoms with van der Waals surface area (Å²) in [6.45, 7) is 8.12. The van der Waals surface area contributed by atoms with Gasteiger partial charge >= 0.3 is 6.09 Å². The van der Waals surface area contributed by atoms with Crippen LogP contribution in [0.5, 0.6) is 0 Å². The summed E-state index contributed by atoms with van der Waals surface area (Å²) < 4.78 is 27.4. The summed E-state index contributed by atoms with van der Waals surface area (Å²) in [5.41, 5.74) is 0.0978. The van der Waals surface area contributed by atoms with Gasteiger partial charge in [-0.1, -0.05) is 12.1 Å². The first-order valence-corrected chi connectivity index (χ1v) is 8.97. The molecule has 0 bridgehead atoms. The van der Waals surface area contributed by atoms with Crippen molar-refractivity contribution in [3.05, 3.63) is 48.5 Å². The summed E-state index contributed by atoms with van der Waals surface area (Å²) >= 11 is 0. The van der Waals surface area contributed by atoms with E-state index in [9.17, 15) is 9.18 Å². The zero-order chi connectivity index (χ0) is 19.8. The number of carbonyl (C=O) groups excluding carboxylic acids is 1. The van der Waals surface area contributed by atoms with Gasteiger partial charge in [0.05, 0.1) is 12.4 Å². The Balaban J connectivity index is 1.87. The Morgan fingerprint density at radius 3 is 2.48 bits per heavy atom. The van der Waals surface area contributed by atoms with Crippen LogP contribution in [0.2, 0.25) is 0 Å². The number of halogens is 1. The Labute approximate surface area is 158 Å². The highest BCUT2D eigenvalue weighted by Crippen LogP contribution is 2.42. The number of ether oxygens (including phenoxy) is 2. The molecule has 2 unspecified atom stereocenters. The van der Waals surface area contributed by atoms with Crippen LogP contribution in [0.1, 0.15) is 46.3 Å². The molecule has 2 atom stereocenters. The molecule has 1 aliphatic rings. The zero-order valence-corrected chi connectivity index (χ0v) is 16.3. The Morgan fingerprint density at radius 1 is 1.30 bits per heavy atom. The number of aromatic nitrogens is 2. The Bertz CT molecular complexity index is 782. The molecule has 3 rings (SSSR count). The lowest BCUT2D eigenvalue weighted by Crippen LogP contribution is -2.50. The normalized spacial score (nSPS) is 22.1. The number of amides is 1. The van der Waals surface area contributed by atoms with Crippen LogP contribution < -0.4 is 0 Å². The fraction of sp³-hybridized carbons (Fsp3) is 0.500. The average Bonchev–Trinajstić information content (AvgIpc) is 3.18. The van der Waals surface area contributed by atoms with Gasteiger partial charge in [-0.2, -0.15) is 0 Å². The first-order chi connectivity index (χ1) is 12.6. The molecule has 2 aromatic rings. The predicted octanol–water partition coefficient (Wildman–Crippen LogP) is 4.25. The van der Waals surface area contributed by atoms with Gasteiger partial charge in [0.2, 0.25) is 0 Å². The summed E-state index contributed by atoms with van der Waals surface area (Å²) in [4.78, 5) is 18.1. The number of rotatable bonds is 3. The summed E-state index contributed by atoms with van der Waals surface area (Å²) in [6, 6.07) is 6.85. The van der Waals surface area contributed by atoms with Crippen LogP contribution in [0.15, 0.2) is 43.0 Å². The Morgan fingerprint density at radius 2 is 1.96 bits per heavy atom. The first-order valence-electron chi connectivity index (χ1n) is 8.97. The number of alkyl halides is 1. The topological polar surface area (TPSA) is 56.6 Å². The van der Waals surface area contributed by atoms with Crippen molar-refractivity contribution >= 4 is 6.09 Å². The van der Waals surface area contributed by atoms with Crippen LogP contribution in [0.25, 0.3) is 5.69 Å². The van der Waals surface area contributed by atoms with Crippen molar-refractivity contribution in [2.75, 3.05) is 6.67 Å². The molecule has 2 heterocycles. The molecule has 0 saturated carbocycles. The maximum atomic E-state index is 14.0. The second-order valence-corrected chi connectivity index (χ2v) is 8.12. The summed E-state index contributed by atoms with van der Waals surface area (Å²) in [5, 5.41) is 0. The predicted molar refractivity (Wildman–Crippen MR) is 99.3 cm³/mol. The third kappa shape index (κ3) is 3.98. The van der Waals surface area contributed by atoms with E-state index in [2.05, 4.69) is 4.98 Å². The highest BCUT2D eigenvalue weighted by molar-refractivity contribution is 5.70. The van der Waals surface area contributed by atoms with Crippen LogP contribution >= 0.6 is 0 Å². The van der Waals surface area contributed by atoms with Crippen molar-refractivity contribution in [3.8, 4) is 5.69 Å². The van der Waals surface area contributed by atoms with Gasteiger partial charge in [-0.25, -0.2) is 14.2 Å². The van der Waals surface area contributed by atoms with Crippen LogP contribution in [0.4, 0.5) is 9.18 Å². The fourth-order valence-corrected chi connectivity index (χ4v) is 3.34. The molecule has 1 aromatic carbocycles. The standard InChI is InChI=1S/C20H26FN3O3/c1-19(2,3)27-18(25)24-16(12-21)17(26-20(24,4)5)14-6-8-15(9-7-14)23-11-10-22-13-23/h6-11,13,16-17H,12H2,1-5H3. The van der Waals surface area contributed by atoms with Crippen molar-refractivity contribution in [2.24, 2.45) is 0 Å². The van der Waals surface area contributed by atoms with Gasteiger partial charge in [0.1, 0.15) is 24.1 Å². The molecule has 0 spiro atoms. The van der Waals surface area contributed by atoms with E-state index < -0.39 is 36.2 Å². The summed E-state index contributed by atoms with van der Waals surface area (Å²) in [5.74, 6) is 0. The number of benzene rings is 1. The second-order valence-electron chi connectivity index (χ2n) is 8.12. The van der Waals surface area contributed by atoms with E-state index in [-0.39, 0.29) is 0 Å². The van der Waals surface area contributed by atoms with Gasteiger partial charge in [-0.05, 0) is 52.3 Å². The van der Waals surface area contributed by atoms with E-state index in [0.717, 1.165) is 11.3 Å². The molecule has 1 amide bonds. The van der Waals surface area contributed by atoms with E-state index in [1.165, 1.54) is 4.90 Å². The average molecular weight is 375 g/mol. The van der Waals surface area contributed by atoms with Crippen molar-refractivity contribution in [3.63, 3.8) is 0 Å². The first kappa shape index (κ1) is 19.4. The Kier molecular flexibility index (Phi) is 4.99. The van der Waals surface area contributed by atoms with Gasteiger partial charge in [0.25, 0.3) is 0 Å². The minimum absolute atomic E-state index is 0.575. The number of hydrogen-bond donors (Lipinski definition) is 0. The third-order valence-electron chi connectivity index (χ3n) is 4.45. The van der Waals surface area contributed by atoms with Gasteiger partial charge in [0, 0.05) is 18.1 Å². The largest absolute Gasteiger partial charge is 0.444 e. The molecule has 1 aromatic heterocycles. The molecule has 1 aliphatic heterocycles. The second kappa shape index (κ2) is 6.96. The van der Waals surface area contributed by atoms with E-state index in [4.69, 9.17) is 9.47 Å². The highest BCUT2D eigenvalue weighted by Gasteiger charge is 2.51. The van der Waals surface area contributed by atoms with Crippen LogP contribution in [0.3, 0.4) is 0 Å². The lowest BCUT2D eigenvalue weighted by Gasteiger charge is -2.34. The highest BCUT2D eigenvalue weighted by atomic mass is 19.1. The summed E-state index contributed by atoms with van der Waals surface area (Å²) in [6.07, 6.45) is 4.11. The zero-order valence-electron chi connectivity index (χ0n) is 16.3. The lowest BCUT2D eigenvalue weighted by molar-refractivity contribution is -0.0797.